The third-order valence-corrected chi connectivity index (χ3v) is 4.38. The zero-order chi connectivity index (χ0) is 17.2. The van der Waals surface area contributed by atoms with Crippen LogP contribution in [0.15, 0.2) is 36.5 Å². The Labute approximate surface area is 137 Å². The number of hydrogen-bond acceptors (Lipinski definition) is 2. The average molecular weight is 337 g/mol. The maximum Gasteiger partial charge on any atom is 0.393 e. The molecule has 2 aromatic rings. The van der Waals surface area contributed by atoms with Crippen molar-refractivity contribution in [3.05, 3.63) is 36.5 Å². The molecule has 128 valence electrons. The Morgan fingerprint density at radius 2 is 1.88 bits per heavy atom. The van der Waals surface area contributed by atoms with Crippen LogP contribution in [-0.2, 0) is 0 Å². The molecule has 0 radical (unpaired) electrons. The summed E-state index contributed by atoms with van der Waals surface area (Å²) in [5.41, 5.74) is 1.08. The molecule has 1 aromatic heterocycles. The number of anilines is 1. The second-order valence-corrected chi connectivity index (χ2v) is 6.02. The lowest BCUT2D eigenvalue weighted by molar-refractivity contribution is -0.187. The van der Waals surface area contributed by atoms with Gasteiger partial charge >= 0.3 is 12.2 Å². The van der Waals surface area contributed by atoms with Gasteiger partial charge in [0.15, 0.2) is 0 Å². The van der Waals surface area contributed by atoms with Gasteiger partial charge in [0.05, 0.1) is 17.1 Å². The van der Waals surface area contributed by atoms with Crippen LogP contribution < -0.4 is 10.6 Å². The lowest BCUT2D eigenvalue weighted by Crippen LogP contribution is -2.48. The molecule has 0 spiro atoms. The molecule has 3 rings (SSSR count). The van der Waals surface area contributed by atoms with Gasteiger partial charge in [0, 0.05) is 17.6 Å². The number of aromatic nitrogens is 1. The summed E-state index contributed by atoms with van der Waals surface area (Å²) in [7, 11) is 0. The molecule has 1 aliphatic carbocycles. The van der Waals surface area contributed by atoms with Crippen LogP contribution in [0.5, 0.6) is 0 Å². The first kappa shape index (κ1) is 16.5. The van der Waals surface area contributed by atoms with Gasteiger partial charge in [-0.1, -0.05) is 31.0 Å². The molecule has 2 atom stereocenters. The lowest BCUT2D eigenvalue weighted by atomic mass is 9.84. The molecule has 4 nitrogen and oxygen atoms in total. The number of para-hydroxylation sites is 1. The minimum absolute atomic E-state index is 0.0598. The zero-order valence-electron chi connectivity index (χ0n) is 12.9. The first-order chi connectivity index (χ1) is 11.4. The fourth-order valence-corrected chi connectivity index (χ4v) is 3.23. The number of halogens is 3. The van der Waals surface area contributed by atoms with Crippen LogP contribution in [0.3, 0.4) is 0 Å². The smallest absolute Gasteiger partial charge is 0.335 e. The second-order valence-electron chi connectivity index (χ2n) is 6.02. The summed E-state index contributed by atoms with van der Waals surface area (Å²) >= 11 is 0. The largest absolute Gasteiger partial charge is 0.393 e. The minimum atomic E-state index is -4.29. The van der Waals surface area contributed by atoms with Gasteiger partial charge in [0.25, 0.3) is 0 Å². The molecule has 1 fully saturated rings. The summed E-state index contributed by atoms with van der Waals surface area (Å²) in [6.07, 6.45) is -1.06. The van der Waals surface area contributed by atoms with E-state index in [1.807, 2.05) is 12.1 Å². The Hall–Kier alpha value is -2.31. The van der Waals surface area contributed by atoms with Crippen molar-refractivity contribution < 1.29 is 18.0 Å². The van der Waals surface area contributed by atoms with Crippen LogP contribution in [0.2, 0.25) is 0 Å². The Morgan fingerprint density at radius 1 is 1.12 bits per heavy atom. The van der Waals surface area contributed by atoms with E-state index >= 15 is 0 Å². The molecule has 0 bridgehead atoms. The number of alkyl halides is 3. The van der Waals surface area contributed by atoms with E-state index in [0.717, 1.165) is 5.39 Å². The van der Waals surface area contributed by atoms with E-state index < -0.39 is 24.2 Å². The molecule has 0 aliphatic heterocycles. The predicted octanol–water partition coefficient (Wildman–Crippen LogP) is 4.48. The summed E-state index contributed by atoms with van der Waals surface area (Å²) < 4.78 is 39.3. The average Bonchev–Trinajstić information content (AvgIpc) is 2.54. The van der Waals surface area contributed by atoms with Crippen molar-refractivity contribution >= 4 is 22.6 Å². The number of amides is 2. The van der Waals surface area contributed by atoms with E-state index in [1.54, 1.807) is 24.4 Å². The van der Waals surface area contributed by atoms with Crippen molar-refractivity contribution in [2.45, 2.75) is 37.9 Å². The number of urea groups is 1. The topological polar surface area (TPSA) is 54.0 Å². The lowest BCUT2D eigenvalue weighted by Gasteiger charge is -2.33. The van der Waals surface area contributed by atoms with Crippen molar-refractivity contribution in [3.63, 3.8) is 0 Å². The number of nitrogens with zero attached hydrogens (tertiary/aromatic N) is 1. The molecular formula is C17H18F3N3O. The number of carbonyl (C=O) groups is 1. The fraction of sp³-hybridized carbons (Fsp3) is 0.412. The van der Waals surface area contributed by atoms with Crippen molar-refractivity contribution in [2.24, 2.45) is 5.92 Å². The van der Waals surface area contributed by atoms with E-state index in [2.05, 4.69) is 15.6 Å². The highest BCUT2D eigenvalue weighted by molar-refractivity contribution is 5.99. The molecule has 0 saturated heterocycles. The highest BCUT2D eigenvalue weighted by Gasteiger charge is 2.45. The molecule has 0 unspecified atom stereocenters. The highest BCUT2D eigenvalue weighted by Crippen LogP contribution is 2.37. The van der Waals surface area contributed by atoms with Crippen LogP contribution in [0, 0.1) is 5.92 Å². The Bertz CT molecular complexity index is 727. The number of rotatable bonds is 2. The summed E-state index contributed by atoms with van der Waals surface area (Å²) in [4.78, 5) is 16.4. The minimum Gasteiger partial charge on any atom is -0.335 e. The first-order valence-corrected chi connectivity index (χ1v) is 7.93. The number of pyridine rings is 1. The van der Waals surface area contributed by atoms with E-state index in [4.69, 9.17) is 0 Å². The SMILES string of the molecule is O=C(Nc1cccc2cccnc12)N[C@@H]1CCCC[C@@H]1C(F)(F)F. The van der Waals surface area contributed by atoms with Crippen LogP contribution in [0.25, 0.3) is 10.9 Å². The van der Waals surface area contributed by atoms with Crippen molar-refractivity contribution in [3.8, 4) is 0 Å². The van der Waals surface area contributed by atoms with Gasteiger partial charge in [-0.3, -0.25) is 4.98 Å². The molecule has 1 aliphatic rings. The molecule has 1 aromatic carbocycles. The van der Waals surface area contributed by atoms with Gasteiger partial charge in [0.2, 0.25) is 0 Å². The monoisotopic (exact) mass is 337 g/mol. The van der Waals surface area contributed by atoms with Crippen LogP contribution in [-0.4, -0.2) is 23.2 Å². The third kappa shape index (κ3) is 3.60. The first-order valence-electron chi connectivity index (χ1n) is 7.93. The molecule has 1 heterocycles. The van der Waals surface area contributed by atoms with Gasteiger partial charge in [-0.15, -0.1) is 0 Å². The third-order valence-electron chi connectivity index (χ3n) is 4.38. The highest BCUT2D eigenvalue weighted by atomic mass is 19.4. The van der Waals surface area contributed by atoms with E-state index in [9.17, 15) is 18.0 Å². The number of carbonyl (C=O) groups excluding carboxylic acids is 1. The van der Waals surface area contributed by atoms with E-state index in [-0.39, 0.29) is 6.42 Å². The zero-order valence-corrected chi connectivity index (χ0v) is 12.9. The van der Waals surface area contributed by atoms with E-state index in [0.29, 0.717) is 30.5 Å². The second kappa shape index (κ2) is 6.67. The fourth-order valence-electron chi connectivity index (χ4n) is 3.23. The molecule has 7 heteroatoms. The van der Waals surface area contributed by atoms with Gasteiger partial charge in [0.1, 0.15) is 0 Å². The maximum absolute atomic E-state index is 13.1. The number of fused-ring (bicyclic) bond motifs is 1. The van der Waals surface area contributed by atoms with Gasteiger partial charge in [-0.2, -0.15) is 13.2 Å². The quantitative estimate of drug-likeness (QED) is 0.849. The summed E-state index contributed by atoms with van der Waals surface area (Å²) in [5.74, 6) is -1.48. The summed E-state index contributed by atoms with van der Waals surface area (Å²) in [6, 6.07) is 7.41. The molecule has 1 saturated carbocycles. The molecular weight excluding hydrogens is 319 g/mol. The van der Waals surface area contributed by atoms with Crippen LogP contribution in [0.1, 0.15) is 25.7 Å². The number of nitrogens with one attached hydrogen (secondary N) is 2. The van der Waals surface area contributed by atoms with Crippen LogP contribution in [0.4, 0.5) is 23.7 Å². The Balaban J connectivity index is 1.72. The Morgan fingerprint density at radius 3 is 2.67 bits per heavy atom. The molecule has 2 N–H and O–H groups in total. The summed E-state index contributed by atoms with van der Waals surface area (Å²) in [6.45, 7) is 0. The van der Waals surface area contributed by atoms with Crippen LogP contribution >= 0.6 is 0 Å². The normalized spacial score (nSPS) is 21.5. The number of benzene rings is 1. The van der Waals surface area contributed by atoms with E-state index in [1.165, 1.54) is 0 Å². The summed E-state index contributed by atoms with van der Waals surface area (Å²) in [5, 5.41) is 5.96. The standard InChI is InChI=1S/C17H18F3N3O/c18-17(19,20)12-7-1-2-8-13(12)22-16(24)23-14-9-3-5-11-6-4-10-21-15(11)14/h3-6,9-10,12-13H,1-2,7-8H2,(H2,22,23,24)/t12-,13+/m0/s1. The van der Waals surface area contributed by atoms with Gasteiger partial charge in [-0.05, 0) is 25.0 Å². The van der Waals surface area contributed by atoms with Crippen molar-refractivity contribution in [2.75, 3.05) is 5.32 Å². The Kier molecular flexibility index (Phi) is 4.59. The predicted molar refractivity (Wildman–Crippen MR) is 85.7 cm³/mol. The number of hydrogen-bond donors (Lipinski definition) is 2. The molecule has 24 heavy (non-hydrogen) atoms. The van der Waals surface area contributed by atoms with Gasteiger partial charge in [-0.25, -0.2) is 4.79 Å². The van der Waals surface area contributed by atoms with Crippen molar-refractivity contribution in [1.29, 1.82) is 0 Å². The van der Waals surface area contributed by atoms with Gasteiger partial charge < -0.3 is 10.6 Å². The molecule has 2 amide bonds. The maximum atomic E-state index is 13.1. The van der Waals surface area contributed by atoms with Crippen molar-refractivity contribution in [1.82, 2.24) is 10.3 Å².